The summed E-state index contributed by atoms with van der Waals surface area (Å²) in [7, 11) is 2.16. The number of carbonyl (C=O) groups is 1. The summed E-state index contributed by atoms with van der Waals surface area (Å²) in [6, 6.07) is 0.337. The highest BCUT2D eigenvalue weighted by Crippen LogP contribution is 2.31. The van der Waals surface area contributed by atoms with Crippen molar-refractivity contribution in [1.29, 1.82) is 0 Å². The highest BCUT2D eigenvalue weighted by atomic mass is 16.3. The Morgan fingerprint density at radius 3 is 2.67 bits per heavy atom. The Morgan fingerprint density at radius 2 is 1.92 bits per heavy atom. The Labute approximate surface area is 146 Å². The van der Waals surface area contributed by atoms with Gasteiger partial charge in [0, 0.05) is 51.9 Å². The lowest BCUT2D eigenvalue weighted by Gasteiger charge is -2.42. The number of rotatable bonds is 6. The maximum atomic E-state index is 12.7. The lowest BCUT2D eigenvalue weighted by Crippen LogP contribution is -2.56. The fourth-order valence-electron chi connectivity index (χ4n) is 3.96. The molecular weight excluding hydrogens is 304 g/mol. The van der Waals surface area contributed by atoms with E-state index in [2.05, 4.69) is 21.7 Å². The quantitative estimate of drug-likeness (QED) is 0.735. The molecule has 1 saturated carbocycles. The third-order valence-corrected chi connectivity index (χ3v) is 5.78. The van der Waals surface area contributed by atoms with Crippen LogP contribution in [0.5, 0.6) is 0 Å². The van der Waals surface area contributed by atoms with Crippen molar-refractivity contribution in [3.63, 3.8) is 0 Å². The van der Waals surface area contributed by atoms with E-state index >= 15 is 0 Å². The van der Waals surface area contributed by atoms with Gasteiger partial charge in [0.25, 0.3) is 0 Å². The number of hydrogen-bond donors (Lipinski definition) is 1. The molecule has 0 aromatic heterocycles. The van der Waals surface area contributed by atoms with E-state index in [-0.39, 0.29) is 12.5 Å². The number of nitrogens with zero attached hydrogens (tertiary/aromatic N) is 4. The molecule has 6 nitrogen and oxygen atoms in total. The van der Waals surface area contributed by atoms with Crippen molar-refractivity contribution in [1.82, 2.24) is 19.6 Å². The fourth-order valence-corrected chi connectivity index (χ4v) is 3.96. The summed E-state index contributed by atoms with van der Waals surface area (Å²) in [6.45, 7) is 8.73. The summed E-state index contributed by atoms with van der Waals surface area (Å²) in [5.74, 6) is 1.14. The monoisotopic (exact) mass is 338 g/mol. The minimum Gasteiger partial charge on any atom is -0.396 e. The largest absolute Gasteiger partial charge is 0.396 e. The molecule has 1 N–H and O–H groups in total. The van der Waals surface area contributed by atoms with Crippen molar-refractivity contribution in [3.05, 3.63) is 0 Å². The molecule has 2 saturated heterocycles. The van der Waals surface area contributed by atoms with Crippen LogP contribution in [0.4, 0.5) is 0 Å². The van der Waals surface area contributed by atoms with Gasteiger partial charge >= 0.3 is 0 Å². The van der Waals surface area contributed by atoms with Crippen molar-refractivity contribution in [2.75, 3.05) is 72.6 Å². The van der Waals surface area contributed by atoms with Crippen LogP contribution in [-0.2, 0) is 4.79 Å². The first-order chi connectivity index (χ1) is 11.7. The molecule has 3 aliphatic rings. The summed E-state index contributed by atoms with van der Waals surface area (Å²) < 4.78 is 0. The number of hydrogen-bond acceptors (Lipinski definition) is 5. The van der Waals surface area contributed by atoms with Crippen LogP contribution in [-0.4, -0.2) is 109 Å². The number of aliphatic hydroxyl groups is 1. The molecule has 3 rings (SSSR count). The van der Waals surface area contributed by atoms with Gasteiger partial charge in [-0.15, -0.1) is 0 Å². The van der Waals surface area contributed by atoms with Crippen molar-refractivity contribution in [2.45, 2.75) is 31.7 Å². The number of carbonyl (C=O) groups excluding carboxylic acids is 1. The molecule has 0 aromatic carbocycles. The van der Waals surface area contributed by atoms with Gasteiger partial charge < -0.3 is 14.9 Å². The maximum absolute atomic E-state index is 12.7. The number of piperazine rings is 1. The van der Waals surface area contributed by atoms with Gasteiger partial charge in [-0.25, -0.2) is 0 Å². The predicted octanol–water partition coefficient (Wildman–Crippen LogP) is -0.0709. The number of amides is 1. The van der Waals surface area contributed by atoms with E-state index < -0.39 is 0 Å². The van der Waals surface area contributed by atoms with Crippen LogP contribution < -0.4 is 0 Å². The zero-order valence-corrected chi connectivity index (χ0v) is 15.2. The third-order valence-electron chi connectivity index (χ3n) is 5.78. The molecular formula is C18H34N4O2. The average Bonchev–Trinajstić information content (AvgIpc) is 3.39. The molecule has 1 aliphatic carbocycles. The van der Waals surface area contributed by atoms with E-state index in [0.717, 1.165) is 71.1 Å². The topological polar surface area (TPSA) is 50.3 Å². The van der Waals surface area contributed by atoms with E-state index in [1.165, 1.54) is 12.8 Å². The molecule has 24 heavy (non-hydrogen) atoms. The third kappa shape index (κ3) is 5.15. The smallest absolute Gasteiger partial charge is 0.236 e. The first-order valence-electron chi connectivity index (χ1n) is 9.69. The Balaban J connectivity index is 1.49. The molecule has 0 bridgehead atoms. The molecule has 1 amide bonds. The SMILES string of the molecule is CN1CCCN(CC(=O)N2CCN(CC3CC3)[C@@H](CCO)C2)CC1. The van der Waals surface area contributed by atoms with Crippen LogP contribution in [0.1, 0.15) is 25.7 Å². The average molecular weight is 338 g/mol. The highest BCUT2D eigenvalue weighted by molar-refractivity contribution is 5.78. The van der Waals surface area contributed by atoms with Crippen LogP contribution in [0.2, 0.25) is 0 Å². The Bertz CT molecular complexity index is 416. The fraction of sp³-hybridized carbons (Fsp3) is 0.944. The van der Waals surface area contributed by atoms with E-state index in [1.54, 1.807) is 0 Å². The zero-order valence-electron chi connectivity index (χ0n) is 15.2. The summed E-state index contributed by atoms with van der Waals surface area (Å²) in [5, 5.41) is 9.39. The summed E-state index contributed by atoms with van der Waals surface area (Å²) >= 11 is 0. The minimum absolute atomic E-state index is 0.215. The maximum Gasteiger partial charge on any atom is 0.236 e. The molecule has 2 aliphatic heterocycles. The van der Waals surface area contributed by atoms with Crippen LogP contribution in [0.3, 0.4) is 0 Å². The molecule has 3 fully saturated rings. The van der Waals surface area contributed by atoms with Gasteiger partial charge in [0.1, 0.15) is 0 Å². The Hall–Kier alpha value is -0.690. The predicted molar refractivity (Wildman–Crippen MR) is 94.9 cm³/mol. The van der Waals surface area contributed by atoms with Gasteiger partial charge in [0.15, 0.2) is 0 Å². The van der Waals surface area contributed by atoms with Crippen LogP contribution in [0.25, 0.3) is 0 Å². The molecule has 0 radical (unpaired) electrons. The molecule has 0 unspecified atom stereocenters. The summed E-state index contributed by atoms with van der Waals surface area (Å²) in [4.78, 5) is 21.9. The molecule has 6 heteroatoms. The van der Waals surface area contributed by atoms with E-state index in [4.69, 9.17) is 0 Å². The van der Waals surface area contributed by atoms with Gasteiger partial charge in [-0.2, -0.15) is 0 Å². The summed E-state index contributed by atoms with van der Waals surface area (Å²) in [5.41, 5.74) is 0. The van der Waals surface area contributed by atoms with Crippen LogP contribution >= 0.6 is 0 Å². The lowest BCUT2D eigenvalue weighted by molar-refractivity contribution is -0.135. The second-order valence-corrected chi connectivity index (χ2v) is 7.88. The zero-order chi connectivity index (χ0) is 16.9. The van der Waals surface area contributed by atoms with Crippen molar-refractivity contribution >= 4 is 5.91 Å². The summed E-state index contributed by atoms with van der Waals surface area (Å²) in [6.07, 6.45) is 4.64. The second-order valence-electron chi connectivity index (χ2n) is 7.88. The molecule has 1 atom stereocenters. The molecule has 0 aromatic rings. The van der Waals surface area contributed by atoms with Gasteiger partial charge in [-0.05, 0) is 51.7 Å². The normalized spacial score (nSPS) is 28.1. The number of likely N-dealkylation sites (N-methyl/N-ethyl adjacent to an activating group) is 1. The molecule has 2 heterocycles. The highest BCUT2D eigenvalue weighted by Gasteiger charge is 2.33. The van der Waals surface area contributed by atoms with Gasteiger partial charge in [0.2, 0.25) is 5.91 Å². The Kier molecular flexibility index (Phi) is 6.49. The Morgan fingerprint density at radius 1 is 1.08 bits per heavy atom. The van der Waals surface area contributed by atoms with Crippen molar-refractivity contribution in [3.8, 4) is 0 Å². The van der Waals surface area contributed by atoms with Gasteiger partial charge in [-0.1, -0.05) is 0 Å². The first kappa shape index (κ1) is 18.1. The number of aliphatic hydroxyl groups excluding tert-OH is 1. The lowest BCUT2D eigenvalue weighted by atomic mass is 10.1. The molecule has 0 spiro atoms. The minimum atomic E-state index is 0.215. The van der Waals surface area contributed by atoms with Crippen LogP contribution in [0, 0.1) is 5.92 Å². The molecule has 138 valence electrons. The van der Waals surface area contributed by atoms with E-state index in [0.29, 0.717) is 12.6 Å². The standard InChI is InChI=1S/C18H34N4O2/c1-19-6-2-7-20(9-8-19)15-18(24)22-11-10-21(13-16-3-4-16)17(14-22)5-12-23/h16-17,23H,2-15H2,1H3/t17-/m0/s1. The van der Waals surface area contributed by atoms with Gasteiger partial charge in [-0.3, -0.25) is 14.6 Å². The van der Waals surface area contributed by atoms with Crippen LogP contribution in [0.15, 0.2) is 0 Å². The first-order valence-corrected chi connectivity index (χ1v) is 9.69. The van der Waals surface area contributed by atoms with Crippen molar-refractivity contribution < 1.29 is 9.90 Å². The van der Waals surface area contributed by atoms with Gasteiger partial charge in [0.05, 0.1) is 6.54 Å². The second kappa shape index (κ2) is 8.61. The van der Waals surface area contributed by atoms with E-state index in [9.17, 15) is 9.90 Å². The van der Waals surface area contributed by atoms with E-state index in [1.807, 2.05) is 4.90 Å². The van der Waals surface area contributed by atoms with Crippen molar-refractivity contribution in [2.24, 2.45) is 5.92 Å².